The van der Waals surface area contributed by atoms with Crippen molar-refractivity contribution in [2.45, 2.75) is 12.5 Å². The third kappa shape index (κ3) is 3.41. The number of nitrogens with two attached hydrogens (primary N) is 1. The first-order chi connectivity index (χ1) is 8.65. The molecule has 1 fully saturated rings. The van der Waals surface area contributed by atoms with Crippen LogP contribution in [0.4, 0.5) is 10.5 Å². The molecule has 1 aliphatic heterocycles. The van der Waals surface area contributed by atoms with Gasteiger partial charge in [-0.05, 0) is 30.7 Å². The number of ether oxygens (including phenoxy) is 1. The molecule has 1 aliphatic rings. The Morgan fingerprint density at radius 1 is 1.39 bits per heavy atom. The molecule has 6 heteroatoms. The molecular weight excluding hydrogens is 250 g/mol. The van der Waals surface area contributed by atoms with Crippen LogP contribution in [0.15, 0.2) is 24.3 Å². The van der Waals surface area contributed by atoms with Crippen LogP contribution in [-0.4, -0.2) is 30.3 Å². The minimum absolute atomic E-state index is 0.0980. The van der Waals surface area contributed by atoms with Crippen LogP contribution in [0.25, 0.3) is 0 Å². The van der Waals surface area contributed by atoms with E-state index in [2.05, 4.69) is 10.6 Å². The van der Waals surface area contributed by atoms with E-state index in [9.17, 15) is 4.79 Å². The van der Waals surface area contributed by atoms with E-state index in [1.807, 2.05) is 0 Å². The number of amides is 2. The van der Waals surface area contributed by atoms with Crippen molar-refractivity contribution in [3.63, 3.8) is 0 Å². The van der Waals surface area contributed by atoms with E-state index >= 15 is 0 Å². The lowest BCUT2D eigenvalue weighted by Gasteiger charge is -2.12. The number of urea groups is 1. The summed E-state index contributed by atoms with van der Waals surface area (Å²) >= 11 is 4.85. The summed E-state index contributed by atoms with van der Waals surface area (Å²) in [7, 11) is 0. The normalized spacial score (nSPS) is 18.3. The Morgan fingerprint density at radius 2 is 2.11 bits per heavy atom. The molecule has 1 heterocycles. The van der Waals surface area contributed by atoms with Crippen molar-refractivity contribution in [2.75, 3.05) is 18.5 Å². The van der Waals surface area contributed by atoms with Crippen molar-refractivity contribution in [2.24, 2.45) is 5.73 Å². The summed E-state index contributed by atoms with van der Waals surface area (Å²) in [5, 5.41) is 5.58. The van der Waals surface area contributed by atoms with Crippen LogP contribution in [-0.2, 0) is 4.74 Å². The quantitative estimate of drug-likeness (QED) is 0.718. The standard InChI is InChI=1S/C12H15N3O2S/c13-11(18)8-1-3-9(4-2-8)14-12(16)15-10-5-6-17-7-10/h1-4,10H,5-7H2,(H2,13,18)(H2,14,15,16). The molecule has 0 spiro atoms. The van der Waals surface area contributed by atoms with Gasteiger partial charge in [0.25, 0.3) is 0 Å². The summed E-state index contributed by atoms with van der Waals surface area (Å²) in [5.41, 5.74) is 6.97. The van der Waals surface area contributed by atoms with Gasteiger partial charge < -0.3 is 21.1 Å². The van der Waals surface area contributed by atoms with Gasteiger partial charge in [0.2, 0.25) is 0 Å². The number of hydrogen-bond acceptors (Lipinski definition) is 3. The third-order valence-electron chi connectivity index (χ3n) is 2.69. The van der Waals surface area contributed by atoms with E-state index in [0.717, 1.165) is 12.0 Å². The Balaban J connectivity index is 1.88. The van der Waals surface area contributed by atoms with Gasteiger partial charge in [0.15, 0.2) is 0 Å². The molecule has 2 amide bonds. The van der Waals surface area contributed by atoms with Crippen LogP contribution in [0.2, 0.25) is 0 Å². The highest BCUT2D eigenvalue weighted by Crippen LogP contribution is 2.10. The molecule has 1 aromatic rings. The first kappa shape index (κ1) is 12.8. The second kappa shape index (κ2) is 5.79. The average molecular weight is 265 g/mol. The summed E-state index contributed by atoms with van der Waals surface area (Å²) < 4.78 is 5.18. The van der Waals surface area contributed by atoms with E-state index in [0.29, 0.717) is 23.9 Å². The molecular formula is C12H15N3O2S. The summed E-state index contributed by atoms with van der Waals surface area (Å²) in [5.74, 6) is 0. The summed E-state index contributed by atoms with van der Waals surface area (Å²) in [6.45, 7) is 1.28. The number of benzene rings is 1. The molecule has 5 nitrogen and oxygen atoms in total. The van der Waals surface area contributed by atoms with Crippen molar-refractivity contribution in [3.05, 3.63) is 29.8 Å². The van der Waals surface area contributed by atoms with Gasteiger partial charge in [0, 0.05) is 17.9 Å². The van der Waals surface area contributed by atoms with Gasteiger partial charge in [-0.15, -0.1) is 0 Å². The van der Waals surface area contributed by atoms with E-state index in [4.69, 9.17) is 22.7 Å². The smallest absolute Gasteiger partial charge is 0.319 e. The zero-order chi connectivity index (χ0) is 13.0. The highest BCUT2D eigenvalue weighted by Gasteiger charge is 2.17. The number of rotatable bonds is 3. The number of thiocarbonyl (C=S) groups is 1. The van der Waals surface area contributed by atoms with Gasteiger partial charge in [0.1, 0.15) is 4.99 Å². The number of carbonyl (C=O) groups excluding carboxylic acids is 1. The van der Waals surface area contributed by atoms with Crippen LogP contribution in [0.3, 0.4) is 0 Å². The molecule has 2 rings (SSSR count). The fourth-order valence-electron chi connectivity index (χ4n) is 1.72. The summed E-state index contributed by atoms with van der Waals surface area (Å²) in [6, 6.07) is 6.94. The second-order valence-electron chi connectivity index (χ2n) is 4.10. The lowest BCUT2D eigenvalue weighted by molar-refractivity contribution is 0.189. The number of carbonyl (C=O) groups is 1. The molecule has 0 radical (unpaired) electrons. The number of hydrogen-bond donors (Lipinski definition) is 3. The maximum Gasteiger partial charge on any atom is 0.319 e. The predicted molar refractivity (Wildman–Crippen MR) is 73.7 cm³/mol. The largest absolute Gasteiger partial charge is 0.389 e. The van der Waals surface area contributed by atoms with Gasteiger partial charge in [-0.25, -0.2) is 4.79 Å². The monoisotopic (exact) mass is 265 g/mol. The van der Waals surface area contributed by atoms with Crippen molar-refractivity contribution >= 4 is 28.9 Å². The van der Waals surface area contributed by atoms with E-state index in [-0.39, 0.29) is 12.1 Å². The number of anilines is 1. The lowest BCUT2D eigenvalue weighted by Crippen LogP contribution is -2.38. The summed E-state index contributed by atoms with van der Waals surface area (Å²) in [4.78, 5) is 12.0. The fourth-order valence-corrected chi connectivity index (χ4v) is 1.85. The van der Waals surface area contributed by atoms with Crippen LogP contribution in [0, 0.1) is 0 Å². The molecule has 0 saturated carbocycles. The molecule has 0 aliphatic carbocycles. The van der Waals surface area contributed by atoms with Gasteiger partial charge in [-0.1, -0.05) is 12.2 Å². The minimum Gasteiger partial charge on any atom is -0.389 e. The highest BCUT2D eigenvalue weighted by atomic mass is 32.1. The average Bonchev–Trinajstić information content (AvgIpc) is 2.82. The van der Waals surface area contributed by atoms with Crippen molar-refractivity contribution in [1.29, 1.82) is 0 Å². The van der Waals surface area contributed by atoms with Crippen LogP contribution >= 0.6 is 12.2 Å². The Bertz CT molecular complexity index is 441. The van der Waals surface area contributed by atoms with E-state index in [1.165, 1.54) is 0 Å². The third-order valence-corrected chi connectivity index (χ3v) is 2.93. The van der Waals surface area contributed by atoms with Crippen LogP contribution in [0.5, 0.6) is 0 Å². The Morgan fingerprint density at radius 3 is 2.67 bits per heavy atom. The van der Waals surface area contributed by atoms with Gasteiger partial charge >= 0.3 is 6.03 Å². The van der Waals surface area contributed by atoms with Crippen molar-refractivity contribution < 1.29 is 9.53 Å². The lowest BCUT2D eigenvalue weighted by atomic mass is 10.2. The fraction of sp³-hybridized carbons (Fsp3) is 0.333. The molecule has 18 heavy (non-hydrogen) atoms. The molecule has 1 unspecified atom stereocenters. The van der Waals surface area contributed by atoms with Crippen molar-refractivity contribution in [1.82, 2.24) is 5.32 Å². The topological polar surface area (TPSA) is 76.4 Å². The Labute approximate surface area is 111 Å². The number of nitrogens with one attached hydrogen (secondary N) is 2. The van der Waals surface area contributed by atoms with Gasteiger partial charge in [-0.3, -0.25) is 0 Å². The molecule has 0 aromatic heterocycles. The van der Waals surface area contributed by atoms with E-state index < -0.39 is 0 Å². The van der Waals surface area contributed by atoms with Crippen LogP contribution < -0.4 is 16.4 Å². The highest BCUT2D eigenvalue weighted by molar-refractivity contribution is 7.80. The zero-order valence-corrected chi connectivity index (χ0v) is 10.6. The first-order valence-corrected chi connectivity index (χ1v) is 6.11. The van der Waals surface area contributed by atoms with E-state index in [1.54, 1.807) is 24.3 Å². The zero-order valence-electron chi connectivity index (χ0n) is 9.81. The second-order valence-corrected chi connectivity index (χ2v) is 4.54. The van der Waals surface area contributed by atoms with Crippen LogP contribution in [0.1, 0.15) is 12.0 Å². The van der Waals surface area contributed by atoms with Gasteiger partial charge in [0.05, 0.1) is 12.6 Å². The molecule has 96 valence electrons. The Hall–Kier alpha value is -1.66. The maximum absolute atomic E-state index is 11.7. The minimum atomic E-state index is -0.228. The SMILES string of the molecule is NC(=S)c1ccc(NC(=O)NC2CCOC2)cc1. The molecule has 1 atom stereocenters. The molecule has 1 saturated heterocycles. The van der Waals surface area contributed by atoms with Crippen molar-refractivity contribution in [3.8, 4) is 0 Å². The summed E-state index contributed by atoms with van der Waals surface area (Å²) in [6.07, 6.45) is 0.855. The molecule has 1 aromatic carbocycles. The Kier molecular flexibility index (Phi) is 4.11. The predicted octanol–water partition coefficient (Wildman–Crippen LogP) is 1.23. The maximum atomic E-state index is 11.7. The molecule has 4 N–H and O–H groups in total. The van der Waals surface area contributed by atoms with Gasteiger partial charge in [-0.2, -0.15) is 0 Å². The first-order valence-electron chi connectivity index (χ1n) is 5.70. The molecule has 0 bridgehead atoms.